The molecule has 1 aromatic heterocycles. The molecule has 2 atom stereocenters. The van der Waals surface area contributed by atoms with Crippen LogP contribution in [-0.2, 0) is 10.2 Å². The number of piperidine rings is 1. The van der Waals surface area contributed by atoms with Gasteiger partial charge in [0.25, 0.3) is 5.91 Å². The summed E-state index contributed by atoms with van der Waals surface area (Å²) in [5.41, 5.74) is 0.152. The number of carbonyl (C=O) groups is 2. The second-order valence-corrected chi connectivity index (χ2v) is 9.06. The molecule has 4 fully saturated rings. The van der Waals surface area contributed by atoms with Gasteiger partial charge in [-0.2, -0.15) is 0 Å². The predicted molar refractivity (Wildman–Crippen MR) is 94.6 cm³/mol. The molecule has 6 nitrogen and oxygen atoms in total. The number of amides is 2. The van der Waals surface area contributed by atoms with E-state index in [1.165, 1.54) is 0 Å². The van der Waals surface area contributed by atoms with Crippen molar-refractivity contribution in [2.24, 2.45) is 5.92 Å². The first kappa shape index (κ1) is 16.3. The van der Waals surface area contributed by atoms with Gasteiger partial charge in [-0.1, -0.05) is 12.1 Å². The lowest BCUT2D eigenvalue weighted by Gasteiger charge is -2.47. The number of carbonyl (C=O) groups excluding carboxylic acids is 2. The summed E-state index contributed by atoms with van der Waals surface area (Å²) in [4.78, 5) is 27.7. The maximum absolute atomic E-state index is 12.9. The lowest BCUT2D eigenvalue weighted by atomic mass is 9.82. The fourth-order valence-electron chi connectivity index (χ4n) is 4.95. The van der Waals surface area contributed by atoms with Crippen LogP contribution in [0.2, 0.25) is 0 Å². The Labute approximate surface area is 153 Å². The van der Waals surface area contributed by atoms with Gasteiger partial charge in [0, 0.05) is 23.9 Å². The van der Waals surface area contributed by atoms with Crippen LogP contribution in [0.3, 0.4) is 0 Å². The van der Waals surface area contributed by atoms with Crippen molar-refractivity contribution in [3.63, 3.8) is 0 Å². The van der Waals surface area contributed by atoms with Gasteiger partial charge in [0.15, 0.2) is 5.69 Å². The molecule has 0 aromatic carbocycles. The van der Waals surface area contributed by atoms with Crippen LogP contribution in [0.1, 0.15) is 81.0 Å². The smallest absolute Gasteiger partial charge is 0.273 e. The van der Waals surface area contributed by atoms with Gasteiger partial charge in [-0.25, -0.2) is 0 Å². The minimum Gasteiger partial charge on any atom is -0.360 e. The van der Waals surface area contributed by atoms with Crippen LogP contribution in [0.25, 0.3) is 0 Å². The molecule has 1 N–H and O–H groups in total. The second kappa shape index (κ2) is 5.57. The topological polar surface area (TPSA) is 75.4 Å². The Kier molecular flexibility index (Phi) is 3.50. The number of hydrogen-bond acceptors (Lipinski definition) is 4. The van der Waals surface area contributed by atoms with Crippen molar-refractivity contribution in [1.29, 1.82) is 0 Å². The highest BCUT2D eigenvalue weighted by Gasteiger charge is 2.52. The lowest BCUT2D eigenvalue weighted by Crippen LogP contribution is -2.63. The summed E-state index contributed by atoms with van der Waals surface area (Å²) >= 11 is 0. The maximum Gasteiger partial charge on any atom is 0.273 e. The van der Waals surface area contributed by atoms with Crippen LogP contribution >= 0.6 is 0 Å². The fourth-order valence-corrected chi connectivity index (χ4v) is 4.95. The highest BCUT2D eigenvalue weighted by Crippen LogP contribution is 2.48. The number of aromatic nitrogens is 1. The molecular weight excluding hydrogens is 330 g/mol. The first-order valence-electron chi connectivity index (χ1n) is 10.1. The number of hydrogen-bond donors (Lipinski definition) is 1. The van der Waals surface area contributed by atoms with Gasteiger partial charge in [0.1, 0.15) is 5.76 Å². The third-order valence-corrected chi connectivity index (χ3v) is 7.05. The van der Waals surface area contributed by atoms with Crippen LogP contribution in [0.5, 0.6) is 0 Å². The van der Waals surface area contributed by atoms with Crippen LogP contribution in [0.4, 0.5) is 0 Å². The lowest BCUT2D eigenvalue weighted by molar-refractivity contribution is -0.138. The van der Waals surface area contributed by atoms with Gasteiger partial charge in [-0.3, -0.25) is 9.59 Å². The normalized spacial score (nSPS) is 32.2. The Balaban J connectivity index is 1.35. The molecule has 0 radical (unpaired) electrons. The molecule has 3 saturated carbocycles. The SMILES string of the molecule is CC1(c2cc(C(=O)NC34CCCC3N(C(=O)C3CC3)CCC4)no2)CC1. The van der Waals surface area contributed by atoms with Crippen molar-refractivity contribution >= 4 is 11.8 Å². The summed E-state index contributed by atoms with van der Waals surface area (Å²) in [5, 5.41) is 7.31. The zero-order chi connectivity index (χ0) is 17.9. The van der Waals surface area contributed by atoms with E-state index in [0.717, 1.165) is 70.1 Å². The molecule has 2 unspecified atom stereocenters. The summed E-state index contributed by atoms with van der Waals surface area (Å²) in [6, 6.07) is 1.94. The van der Waals surface area contributed by atoms with E-state index in [4.69, 9.17) is 4.52 Å². The van der Waals surface area contributed by atoms with Crippen LogP contribution < -0.4 is 5.32 Å². The average Bonchev–Trinajstić information content (AvgIpc) is 3.51. The van der Waals surface area contributed by atoms with Gasteiger partial charge in [0.2, 0.25) is 5.91 Å². The second-order valence-electron chi connectivity index (χ2n) is 9.06. The molecule has 2 heterocycles. The Morgan fingerprint density at radius 1 is 1.19 bits per heavy atom. The zero-order valence-electron chi connectivity index (χ0n) is 15.4. The van der Waals surface area contributed by atoms with E-state index >= 15 is 0 Å². The number of fused-ring (bicyclic) bond motifs is 1. The quantitative estimate of drug-likeness (QED) is 0.899. The van der Waals surface area contributed by atoms with E-state index in [2.05, 4.69) is 22.3 Å². The van der Waals surface area contributed by atoms with E-state index in [-0.39, 0.29) is 28.8 Å². The van der Waals surface area contributed by atoms with E-state index in [9.17, 15) is 9.59 Å². The molecule has 2 amide bonds. The molecule has 26 heavy (non-hydrogen) atoms. The molecule has 1 aliphatic heterocycles. The molecule has 0 bridgehead atoms. The standard InChI is InChI=1S/C20H27N3O3/c1-19(9-10-19)16-12-14(22-26-16)17(24)21-20-7-2-4-15(20)23(11-3-8-20)18(25)13-5-6-13/h12-13,15H,2-11H2,1H3,(H,21,24). The van der Waals surface area contributed by atoms with Crippen molar-refractivity contribution in [2.75, 3.05) is 6.54 Å². The number of rotatable bonds is 4. The highest BCUT2D eigenvalue weighted by atomic mass is 16.5. The maximum atomic E-state index is 12.9. The third-order valence-electron chi connectivity index (χ3n) is 7.05. The zero-order valence-corrected chi connectivity index (χ0v) is 15.4. The van der Waals surface area contributed by atoms with Gasteiger partial charge < -0.3 is 14.7 Å². The van der Waals surface area contributed by atoms with Crippen molar-refractivity contribution in [3.05, 3.63) is 17.5 Å². The summed E-state index contributed by atoms with van der Waals surface area (Å²) in [6.45, 7) is 2.98. The van der Waals surface area contributed by atoms with E-state index in [1.807, 2.05) is 0 Å². The average molecular weight is 357 g/mol. The molecule has 140 valence electrons. The van der Waals surface area contributed by atoms with Crippen LogP contribution in [-0.4, -0.2) is 40.0 Å². The van der Waals surface area contributed by atoms with Crippen molar-refractivity contribution in [2.45, 2.75) is 81.7 Å². The van der Waals surface area contributed by atoms with Crippen LogP contribution in [0, 0.1) is 5.92 Å². The number of nitrogens with one attached hydrogen (secondary N) is 1. The monoisotopic (exact) mass is 357 g/mol. The first-order chi connectivity index (χ1) is 12.5. The van der Waals surface area contributed by atoms with Gasteiger partial charge in [-0.05, 0) is 57.8 Å². The minimum absolute atomic E-state index is 0.0675. The Bertz CT molecular complexity index is 749. The van der Waals surface area contributed by atoms with Crippen LogP contribution in [0.15, 0.2) is 10.6 Å². The first-order valence-corrected chi connectivity index (χ1v) is 10.1. The molecule has 1 aromatic rings. The molecule has 4 aliphatic rings. The Hall–Kier alpha value is -1.85. The highest BCUT2D eigenvalue weighted by molar-refractivity contribution is 5.93. The van der Waals surface area contributed by atoms with Gasteiger partial charge >= 0.3 is 0 Å². The molecule has 1 saturated heterocycles. The van der Waals surface area contributed by atoms with E-state index < -0.39 is 0 Å². The summed E-state index contributed by atoms with van der Waals surface area (Å²) in [7, 11) is 0. The summed E-state index contributed by atoms with van der Waals surface area (Å²) in [6.07, 6.45) is 9.13. The molecular formula is C20H27N3O3. The Morgan fingerprint density at radius 2 is 1.96 bits per heavy atom. The molecule has 6 heteroatoms. The van der Waals surface area contributed by atoms with Crippen molar-refractivity contribution in [3.8, 4) is 0 Å². The number of nitrogens with zero attached hydrogens (tertiary/aromatic N) is 2. The molecule has 5 rings (SSSR count). The summed E-state index contributed by atoms with van der Waals surface area (Å²) in [5.74, 6) is 1.20. The predicted octanol–water partition coefficient (Wildman–Crippen LogP) is 2.78. The van der Waals surface area contributed by atoms with Crippen molar-refractivity contribution in [1.82, 2.24) is 15.4 Å². The van der Waals surface area contributed by atoms with Crippen molar-refractivity contribution < 1.29 is 14.1 Å². The fraction of sp³-hybridized carbons (Fsp3) is 0.750. The Morgan fingerprint density at radius 3 is 2.69 bits per heavy atom. The van der Waals surface area contributed by atoms with E-state index in [1.54, 1.807) is 6.07 Å². The molecule has 3 aliphatic carbocycles. The number of likely N-dealkylation sites (tertiary alicyclic amines) is 1. The van der Waals surface area contributed by atoms with Gasteiger partial charge in [-0.15, -0.1) is 0 Å². The summed E-state index contributed by atoms with van der Waals surface area (Å²) < 4.78 is 5.43. The minimum atomic E-state index is -0.289. The van der Waals surface area contributed by atoms with Gasteiger partial charge in [0.05, 0.1) is 11.6 Å². The largest absolute Gasteiger partial charge is 0.360 e. The third kappa shape index (κ3) is 2.57. The molecule has 0 spiro atoms. The van der Waals surface area contributed by atoms with E-state index in [0.29, 0.717) is 11.6 Å².